The summed E-state index contributed by atoms with van der Waals surface area (Å²) in [7, 11) is 0. The van der Waals surface area contributed by atoms with Gasteiger partial charge in [0.1, 0.15) is 16.9 Å². The predicted octanol–water partition coefficient (Wildman–Crippen LogP) is 3.48. The summed E-state index contributed by atoms with van der Waals surface area (Å²) >= 11 is 1.02. The molecule has 4 aliphatic heterocycles. The first-order valence-corrected chi connectivity index (χ1v) is 13.5. The molecule has 3 atom stereocenters. The zero-order valence-corrected chi connectivity index (χ0v) is 21.2. The number of nitrogens with two attached hydrogens (primary N) is 1. The number of alkyl halides is 3. The van der Waals surface area contributed by atoms with Crippen LogP contribution in [0.3, 0.4) is 0 Å². The minimum Gasteiger partial charge on any atom is -0.369 e. The van der Waals surface area contributed by atoms with Gasteiger partial charge in [0.2, 0.25) is 5.91 Å². The van der Waals surface area contributed by atoms with Gasteiger partial charge in [-0.1, -0.05) is 12.2 Å². The second kappa shape index (κ2) is 8.41. The molecule has 7 nitrogen and oxygen atoms in total. The lowest BCUT2D eigenvalue weighted by Crippen LogP contribution is -2.73. The maximum absolute atomic E-state index is 13.4. The van der Waals surface area contributed by atoms with Crippen molar-refractivity contribution >= 4 is 33.1 Å². The Morgan fingerprint density at radius 3 is 2.70 bits per heavy atom. The number of likely N-dealkylation sites (tertiary alicyclic amines) is 1. The summed E-state index contributed by atoms with van der Waals surface area (Å²) in [6.45, 7) is 6.85. The van der Waals surface area contributed by atoms with Crippen molar-refractivity contribution < 1.29 is 18.0 Å². The molecule has 6 heterocycles. The smallest absolute Gasteiger partial charge is 0.369 e. The first kappa shape index (κ1) is 24.6. The SMILES string of the molecule is C=C1CC2CC[C@@]1(N)[C@@H](C(=O)N1CCC3(CC1)CN(c1c(C#N)cnc4sc(CC(F)(F)F)cc14)C3)N2. The maximum Gasteiger partial charge on any atom is 0.393 e. The van der Waals surface area contributed by atoms with Gasteiger partial charge in [0.25, 0.3) is 0 Å². The van der Waals surface area contributed by atoms with Crippen molar-refractivity contribution in [2.75, 3.05) is 31.1 Å². The Morgan fingerprint density at radius 2 is 2.05 bits per heavy atom. The molecule has 2 bridgehead atoms. The number of nitrogens with zero attached hydrogens (tertiary/aromatic N) is 4. The van der Waals surface area contributed by atoms with Gasteiger partial charge in [0.05, 0.1) is 23.2 Å². The molecule has 5 fully saturated rings. The summed E-state index contributed by atoms with van der Waals surface area (Å²) in [5, 5.41) is 13.7. The zero-order chi connectivity index (χ0) is 26.2. The number of nitriles is 1. The molecule has 7 rings (SSSR count). The van der Waals surface area contributed by atoms with Crippen LogP contribution < -0.4 is 16.0 Å². The van der Waals surface area contributed by atoms with Gasteiger partial charge in [-0.2, -0.15) is 18.4 Å². The highest BCUT2D eigenvalue weighted by Crippen LogP contribution is 2.47. The second-order valence-electron chi connectivity index (χ2n) is 11.2. The van der Waals surface area contributed by atoms with Crippen molar-refractivity contribution in [3.05, 3.63) is 34.9 Å². The van der Waals surface area contributed by atoms with Crippen molar-refractivity contribution in [3.8, 4) is 6.07 Å². The number of nitrogens with one attached hydrogen (secondary N) is 1. The van der Waals surface area contributed by atoms with E-state index in [9.17, 15) is 23.2 Å². The maximum atomic E-state index is 13.4. The number of aromatic nitrogens is 1. The van der Waals surface area contributed by atoms with Crippen LogP contribution in [0.15, 0.2) is 24.4 Å². The van der Waals surface area contributed by atoms with Crippen LogP contribution in [0, 0.1) is 16.7 Å². The lowest BCUT2D eigenvalue weighted by Gasteiger charge is -2.56. The average Bonchev–Trinajstić information content (AvgIpc) is 3.23. The second-order valence-corrected chi connectivity index (χ2v) is 12.3. The Kier molecular flexibility index (Phi) is 5.60. The van der Waals surface area contributed by atoms with Gasteiger partial charge in [-0.25, -0.2) is 4.98 Å². The summed E-state index contributed by atoms with van der Waals surface area (Å²) in [6.07, 6.45) is 0.403. The van der Waals surface area contributed by atoms with E-state index in [4.69, 9.17) is 5.73 Å². The third kappa shape index (κ3) is 4.10. The molecule has 1 spiro atoms. The number of anilines is 1. The lowest BCUT2D eigenvalue weighted by atomic mass is 9.67. The van der Waals surface area contributed by atoms with E-state index in [1.54, 1.807) is 0 Å². The van der Waals surface area contributed by atoms with E-state index in [2.05, 4.69) is 27.8 Å². The molecular formula is C26H29F3N6OS. The van der Waals surface area contributed by atoms with Crippen molar-refractivity contribution in [1.82, 2.24) is 15.2 Å². The minimum absolute atomic E-state index is 0.0208. The molecule has 1 aliphatic carbocycles. The Balaban J connectivity index is 1.15. The molecular weight excluding hydrogens is 501 g/mol. The Labute approximate surface area is 217 Å². The summed E-state index contributed by atoms with van der Waals surface area (Å²) in [4.78, 5) is 22.4. The molecule has 2 aromatic heterocycles. The fourth-order valence-electron chi connectivity index (χ4n) is 6.70. The van der Waals surface area contributed by atoms with Gasteiger partial charge in [-0.15, -0.1) is 11.3 Å². The van der Waals surface area contributed by atoms with Gasteiger partial charge in [0.15, 0.2) is 0 Å². The molecule has 2 aromatic rings. The Hall–Kier alpha value is -2.68. The van der Waals surface area contributed by atoms with Crippen LogP contribution in [-0.4, -0.2) is 65.8 Å². The number of halogens is 3. The quantitative estimate of drug-likeness (QED) is 0.590. The fourth-order valence-corrected chi connectivity index (χ4v) is 7.73. The van der Waals surface area contributed by atoms with E-state index in [0.717, 1.165) is 49.0 Å². The van der Waals surface area contributed by atoms with Gasteiger partial charge in [0, 0.05) is 54.1 Å². The lowest BCUT2D eigenvalue weighted by molar-refractivity contribution is -0.139. The monoisotopic (exact) mass is 530 g/mol. The highest BCUT2D eigenvalue weighted by atomic mass is 32.1. The number of rotatable bonds is 3. The molecule has 196 valence electrons. The highest BCUT2D eigenvalue weighted by Gasteiger charge is 2.53. The summed E-state index contributed by atoms with van der Waals surface area (Å²) in [5.41, 5.74) is 8.02. The van der Waals surface area contributed by atoms with Crippen LogP contribution in [0.25, 0.3) is 10.2 Å². The van der Waals surface area contributed by atoms with Crippen molar-refractivity contribution in [3.63, 3.8) is 0 Å². The van der Waals surface area contributed by atoms with Crippen molar-refractivity contribution in [1.29, 1.82) is 5.26 Å². The van der Waals surface area contributed by atoms with Gasteiger partial charge in [-0.05, 0) is 38.2 Å². The molecule has 5 aliphatic rings. The van der Waals surface area contributed by atoms with Gasteiger partial charge < -0.3 is 20.9 Å². The Morgan fingerprint density at radius 1 is 1.32 bits per heavy atom. The van der Waals surface area contributed by atoms with Gasteiger partial charge >= 0.3 is 6.18 Å². The predicted molar refractivity (Wildman–Crippen MR) is 135 cm³/mol. The third-order valence-electron chi connectivity index (χ3n) is 8.81. The van der Waals surface area contributed by atoms with Crippen molar-refractivity contribution in [2.45, 2.75) is 62.3 Å². The topological polar surface area (TPSA) is 98.3 Å². The van der Waals surface area contributed by atoms with Crippen LogP contribution in [0.4, 0.5) is 18.9 Å². The van der Waals surface area contributed by atoms with E-state index >= 15 is 0 Å². The molecule has 4 saturated heterocycles. The van der Waals surface area contributed by atoms with Crippen LogP contribution in [0.5, 0.6) is 0 Å². The van der Waals surface area contributed by atoms with E-state index in [1.807, 2.05) is 4.90 Å². The summed E-state index contributed by atoms with van der Waals surface area (Å²) < 4.78 is 38.9. The zero-order valence-electron chi connectivity index (χ0n) is 20.4. The summed E-state index contributed by atoms with van der Waals surface area (Å²) in [6, 6.07) is 3.54. The van der Waals surface area contributed by atoms with E-state index in [1.165, 1.54) is 12.3 Å². The number of amides is 1. The fraction of sp³-hybridized carbons (Fsp3) is 0.577. The van der Waals surface area contributed by atoms with Crippen LogP contribution >= 0.6 is 11.3 Å². The molecule has 0 aromatic carbocycles. The molecule has 1 saturated carbocycles. The first-order valence-electron chi connectivity index (χ1n) is 12.7. The van der Waals surface area contributed by atoms with Crippen LogP contribution in [-0.2, 0) is 11.2 Å². The third-order valence-corrected chi connectivity index (χ3v) is 9.85. The molecule has 1 unspecified atom stereocenters. The molecule has 11 heteroatoms. The number of hydrogen-bond donors (Lipinski definition) is 2. The standard InChI is InChI=1S/C26H29F3N6OS/c1-15-8-17-2-3-25(15,31)21(33-17)23(36)34-6-4-24(5-7-34)13-35(14-24)20-16(11-30)12-32-22-19(20)9-18(37-22)10-26(27,28)29/h9,12,17,21,33H,1-8,10,13-14,31H2/t17?,21-,25+/m1/s1. The number of hydrogen-bond acceptors (Lipinski definition) is 7. The molecule has 3 N–H and O–H groups in total. The Bertz CT molecular complexity index is 1320. The van der Waals surface area contributed by atoms with E-state index in [-0.39, 0.29) is 22.2 Å². The van der Waals surface area contributed by atoms with E-state index in [0.29, 0.717) is 47.6 Å². The van der Waals surface area contributed by atoms with Crippen LogP contribution in [0.2, 0.25) is 0 Å². The average molecular weight is 531 g/mol. The number of pyridine rings is 1. The van der Waals surface area contributed by atoms with E-state index < -0.39 is 24.2 Å². The number of carbonyl (C=O) groups is 1. The number of piperidine rings is 3. The number of fused-ring (bicyclic) bond motifs is 4. The normalized spacial score (nSPS) is 29.0. The highest BCUT2D eigenvalue weighted by molar-refractivity contribution is 7.18. The van der Waals surface area contributed by atoms with Crippen LogP contribution in [0.1, 0.15) is 42.5 Å². The number of carbonyl (C=O) groups excluding carboxylic acids is 1. The molecule has 0 radical (unpaired) electrons. The molecule has 1 amide bonds. The minimum atomic E-state index is -4.30. The summed E-state index contributed by atoms with van der Waals surface area (Å²) in [5.74, 6) is 0.0529. The first-order chi connectivity index (χ1) is 17.5. The van der Waals surface area contributed by atoms with Gasteiger partial charge in [-0.3, -0.25) is 4.79 Å². The number of thiophene rings is 1. The molecule has 37 heavy (non-hydrogen) atoms. The van der Waals surface area contributed by atoms with Crippen molar-refractivity contribution in [2.24, 2.45) is 11.1 Å². The largest absolute Gasteiger partial charge is 0.393 e.